The molecule has 0 aromatic carbocycles. The van der Waals surface area contributed by atoms with Crippen molar-refractivity contribution < 1.29 is 9.84 Å². The van der Waals surface area contributed by atoms with Gasteiger partial charge in [0, 0.05) is 36.2 Å². The van der Waals surface area contributed by atoms with E-state index in [0.29, 0.717) is 55.1 Å². The molecule has 2 aromatic rings. The second kappa shape index (κ2) is 9.16. The summed E-state index contributed by atoms with van der Waals surface area (Å²) in [6.45, 7) is 4.13. The topological polar surface area (TPSA) is 110 Å². The van der Waals surface area contributed by atoms with Crippen molar-refractivity contribution in [2.45, 2.75) is 57.1 Å². The summed E-state index contributed by atoms with van der Waals surface area (Å²) in [7, 11) is 0. The summed E-state index contributed by atoms with van der Waals surface area (Å²) >= 11 is 0. The van der Waals surface area contributed by atoms with Crippen molar-refractivity contribution >= 4 is 23.7 Å². The van der Waals surface area contributed by atoms with E-state index in [1.807, 2.05) is 12.1 Å². The molecule has 5 rings (SSSR count). The van der Waals surface area contributed by atoms with Crippen LogP contribution in [-0.4, -0.2) is 52.3 Å². The number of hydrogen-bond acceptors (Lipinski definition) is 7. The zero-order chi connectivity index (χ0) is 22.8. The van der Waals surface area contributed by atoms with E-state index in [0.717, 1.165) is 30.8 Å². The van der Waals surface area contributed by atoms with Crippen LogP contribution in [0, 0.1) is 29.1 Å². The molecule has 2 aromatic heterocycles. The highest BCUT2D eigenvalue weighted by Gasteiger charge is 2.38. The van der Waals surface area contributed by atoms with Crippen LogP contribution in [0.2, 0.25) is 0 Å². The third kappa shape index (κ3) is 4.75. The van der Waals surface area contributed by atoms with Gasteiger partial charge in [0.2, 0.25) is 0 Å². The highest BCUT2D eigenvalue weighted by Crippen LogP contribution is 2.43. The molecule has 174 valence electrons. The molecule has 3 heterocycles. The van der Waals surface area contributed by atoms with Gasteiger partial charge < -0.3 is 25.5 Å². The Labute approximate surface area is 194 Å². The van der Waals surface area contributed by atoms with Crippen LogP contribution in [0.5, 0.6) is 0 Å². The first-order valence-electron chi connectivity index (χ1n) is 12.0. The van der Waals surface area contributed by atoms with Crippen molar-refractivity contribution in [1.29, 1.82) is 5.41 Å². The van der Waals surface area contributed by atoms with Gasteiger partial charge in [0.25, 0.3) is 0 Å². The largest absolute Gasteiger partial charge is 0.385 e. The maximum atomic E-state index is 11.8. The van der Waals surface area contributed by atoms with Crippen molar-refractivity contribution in [2.24, 2.45) is 11.8 Å². The first-order chi connectivity index (χ1) is 16.1. The van der Waals surface area contributed by atoms with Crippen molar-refractivity contribution in [3.8, 4) is 11.8 Å². The molecule has 33 heavy (non-hydrogen) atoms. The molecule has 0 radical (unpaired) electrons. The van der Waals surface area contributed by atoms with E-state index in [4.69, 9.17) is 15.1 Å². The Bertz CT molecular complexity index is 1040. The van der Waals surface area contributed by atoms with E-state index >= 15 is 0 Å². The fourth-order valence-corrected chi connectivity index (χ4v) is 4.81. The molecule has 8 nitrogen and oxygen atoms in total. The van der Waals surface area contributed by atoms with Crippen LogP contribution in [0.4, 0.5) is 17.5 Å². The predicted octanol–water partition coefficient (Wildman–Crippen LogP) is 3.56. The maximum absolute atomic E-state index is 11.8. The average molecular weight is 449 g/mol. The Morgan fingerprint density at radius 1 is 1.27 bits per heavy atom. The quantitative estimate of drug-likeness (QED) is 0.411. The number of H-pyrrole nitrogens is 1. The number of aromatic nitrogens is 3. The molecule has 1 atom stereocenters. The SMILES string of the molecule is C[C@@H]1COCCN1c1cc(C2(O)CCC(C#CC3CC3)CC2)c(C=N)c(Nc2ccn[nH]2)n1. The summed E-state index contributed by atoms with van der Waals surface area (Å²) < 4.78 is 5.62. The van der Waals surface area contributed by atoms with Crippen LogP contribution in [-0.2, 0) is 10.3 Å². The minimum absolute atomic E-state index is 0.174. The molecule has 0 bridgehead atoms. The molecule has 0 unspecified atom stereocenters. The minimum atomic E-state index is -1.01. The number of hydrogen-bond donors (Lipinski definition) is 4. The first kappa shape index (κ1) is 21.9. The van der Waals surface area contributed by atoms with Crippen molar-refractivity contribution in [1.82, 2.24) is 15.2 Å². The Hall–Kier alpha value is -2.89. The third-order valence-corrected chi connectivity index (χ3v) is 6.99. The molecule has 8 heteroatoms. The monoisotopic (exact) mass is 448 g/mol. The normalized spacial score (nSPS) is 27.5. The molecule has 1 saturated heterocycles. The molecule has 3 aliphatic rings. The van der Waals surface area contributed by atoms with Crippen molar-refractivity contribution in [3.63, 3.8) is 0 Å². The Balaban J connectivity index is 1.49. The smallest absolute Gasteiger partial charge is 0.143 e. The van der Waals surface area contributed by atoms with Crippen LogP contribution in [0.1, 0.15) is 56.6 Å². The highest BCUT2D eigenvalue weighted by atomic mass is 16.5. The molecule has 2 aliphatic carbocycles. The van der Waals surface area contributed by atoms with Crippen molar-refractivity contribution in [3.05, 3.63) is 29.5 Å². The maximum Gasteiger partial charge on any atom is 0.143 e. The number of pyridine rings is 1. The number of nitrogens with one attached hydrogen (secondary N) is 3. The zero-order valence-electron chi connectivity index (χ0n) is 19.1. The van der Waals surface area contributed by atoms with Crippen molar-refractivity contribution in [2.75, 3.05) is 30.0 Å². The van der Waals surface area contributed by atoms with Gasteiger partial charge in [0.1, 0.15) is 17.5 Å². The third-order valence-electron chi connectivity index (χ3n) is 6.99. The van der Waals surface area contributed by atoms with Gasteiger partial charge in [-0.25, -0.2) is 4.98 Å². The van der Waals surface area contributed by atoms with E-state index in [1.165, 1.54) is 19.1 Å². The number of morpholine rings is 1. The lowest BCUT2D eigenvalue weighted by molar-refractivity contribution is -0.00804. The van der Waals surface area contributed by atoms with E-state index < -0.39 is 5.60 Å². The lowest BCUT2D eigenvalue weighted by atomic mass is 9.74. The zero-order valence-corrected chi connectivity index (χ0v) is 19.1. The van der Waals surface area contributed by atoms with Gasteiger partial charge in [-0.2, -0.15) is 5.10 Å². The predicted molar refractivity (Wildman–Crippen MR) is 128 cm³/mol. The number of aliphatic hydroxyl groups is 1. The Morgan fingerprint density at radius 2 is 2.03 bits per heavy atom. The molecular formula is C25H32N6O2. The summed E-state index contributed by atoms with van der Waals surface area (Å²) in [5, 5.41) is 30.2. The van der Waals surface area contributed by atoms with Gasteiger partial charge in [0.15, 0.2) is 0 Å². The molecule has 4 N–H and O–H groups in total. The first-order valence-corrected chi connectivity index (χ1v) is 12.0. The second-order valence-corrected chi connectivity index (χ2v) is 9.52. The van der Waals surface area contributed by atoms with Gasteiger partial charge in [-0.15, -0.1) is 0 Å². The average Bonchev–Trinajstić information content (AvgIpc) is 3.52. The van der Waals surface area contributed by atoms with E-state index in [2.05, 4.69) is 39.2 Å². The van der Waals surface area contributed by atoms with E-state index in [-0.39, 0.29) is 6.04 Å². The molecule has 0 amide bonds. The van der Waals surface area contributed by atoms with Gasteiger partial charge in [-0.3, -0.25) is 5.10 Å². The Kier molecular flexibility index (Phi) is 6.09. The standard InChI is InChI=1S/C25H32N6O2/c1-17-16-33-13-12-31(17)23-14-21(20(15-26)24(29-23)28-22-8-11-27-30-22)25(32)9-6-19(7-10-25)5-4-18-2-3-18/h8,11,14-15,17-19,26,32H,2-3,6-7,9-10,12-13,16H2,1H3,(H2,27,28,29,30)/t17-,19?,25?/m1/s1. The van der Waals surface area contributed by atoms with Gasteiger partial charge in [0.05, 0.1) is 31.1 Å². The molecule has 2 saturated carbocycles. The lowest BCUT2D eigenvalue weighted by Gasteiger charge is -2.38. The van der Waals surface area contributed by atoms with Crippen LogP contribution in [0.25, 0.3) is 0 Å². The van der Waals surface area contributed by atoms with E-state index in [1.54, 1.807) is 6.20 Å². The summed E-state index contributed by atoms with van der Waals surface area (Å²) in [5.41, 5.74) is 0.360. The summed E-state index contributed by atoms with van der Waals surface area (Å²) in [6.07, 6.45) is 8.41. The van der Waals surface area contributed by atoms with Gasteiger partial charge in [-0.05, 0) is 57.1 Å². The highest BCUT2D eigenvalue weighted by molar-refractivity contribution is 5.89. The minimum Gasteiger partial charge on any atom is -0.385 e. The van der Waals surface area contributed by atoms with Gasteiger partial charge >= 0.3 is 0 Å². The number of ether oxygens (including phenoxy) is 1. The fraction of sp³-hybridized carbons (Fsp3) is 0.560. The number of anilines is 3. The summed E-state index contributed by atoms with van der Waals surface area (Å²) in [6, 6.07) is 3.97. The molecular weight excluding hydrogens is 416 g/mol. The number of nitrogens with zero attached hydrogens (tertiary/aromatic N) is 3. The summed E-state index contributed by atoms with van der Waals surface area (Å²) in [5.74, 6) is 9.81. The van der Waals surface area contributed by atoms with Crippen LogP contribution in [0.15, 0.2) is 18.3 Å². The van der Waals surface area contributed by atoms with Crippen LogP contribution in [0.3, 0.4) is 0 Å². The fourth-order valence-electron chi connectivity index (χ4n) is 4.81. The van der Waals surface area contributed by atoms with E-state index in [9.17, 15) is 5.11 Å². The molecule has 0 spiro atoms. The number of rotatable bonds is 5. The summed E-state index contributed by atoms with van der Waals surface area (Å²) in [4.78, 5) is 7.09. The Morgan fingerprint density at radius 3 is 2.67 bits per heavy atom. The number of aromatic amines is 1. The van der Waals surface area contributed by atoms with Crippen LogP contribution < -0.4 is 10.2 Å². The molecule has 3 fully saturated rings. The van der Waals surface area contributed by atoms with Crippen LogP contribution >= 0.6 is 0 Å². The van der Waals surface area contributed by atoms with Gasteiger partial charge in [-0.1, -0.05) is 11.8 Å². The second-order valence-electron chi connectivity index (χ2n) is 9.52. The molecule has 1 aliphatic heterocycles. The lowest BCUT2D eigenvalue weighted by Crippen LogP contribution is -2.44.